The molecule has 0 aliphatic rings. The van der Waals surface area contributed by atoms with E-state index in [-0.39, 0.29) is 0 Å². The molecule has 62 valence electrons. The summed E-state index contributed by atoms with van der Waals surface area (Å²) in [6, 6.07) is 0. The molecule has 0 spiro atoms. The average molecular weight is 178 g/mol. The molecule has 2 N–H and O–H groups in total. The van der Waals surface area contributed by atoms with Crippen LogP contribution in [0.5, 0.6) is 0 Å². The van der Waals surface area contributed by atoms with Crippen LogP contribution >= 0.6 is 7.82 Å². The highest BCUT2D eigenvalue weighted by Crippen LogP contribution is 2.35. The summed E-state index contributed by atoms with van der Waals surface area (Å²) in [7, 11) is -4.70. The summed E-state index contributed by atoms with van der Waals surface area (Å²) in [4.78, 5) is 26.6. The van der Waals surface area contributed by atoms with Gasteiger partial charge in [-0.25, -0.2) is 9.36 Å². The van der Waals surface area contributed by atoms with Crippen molar-refractivity contribution in [2.24, 2.45) is 0 Å². The third kappa shape index (κ3) is 6.99. The molecule has 0 aromatic heterocycles. The van der Waals surface area contributed by atoms with Gasteiger partial charge in [0.25, 0.3) is 0 Å². The van der Waals surface area contributed by atoms with Crippen LogP contribution in [0.2, 0.25) is 0 Å². The summed E-state index contributed by atoms with van der Waals surface area (Å²) < 4.78 is 13.6. The maximum atomic E-state index is 10.4. The second-order valence-electron chi connectivity index (χ2n) is 1.50. The van der Waals surface area contributed by atoms with Gasteiger partial charge in [0, 0.05) is 6.08 Å². The molecule has 0 rings (SSSR count). The standard InChI is InChI=1S/C5H7O5P/c1-2-3-4-5(6)10-11(7,8)9/h2-4H,1H2,(H2,7,8,9). The zero-order valence-corrected chi connectivity index (χ0v) is 6.40. The molecule has 0 radical (unpaired) electrons. The number of allylic oxidation sites excluding steroid dienone is 2. The smallest absolute Gasteiger partial charge is 0.367 e. The molecule has 5 nitrogen and oxygen atoms in total. The molecule has 0 aliphatic carbocycles. The average Bonchev–Trinajstić information content (AvgIpc) is 1.79. The van der Waals surface area contributed by atoms with Gasteiger partial charge < -0.3 is 4.52 Å². The van der Waals surface area contributed by atoms with Crippen molar-refractivity contribution in [3.63, 3.8) is 0 Å². The lowest BCUT2D eigenvalue weighted by Crippen LogP contribution is -1.96. The largest absolute Gasteiger partial charge is 0.527 e. The number of rotatable bonds is 3. The van der Waals surface area contributed by atoms with Crippen LogP contribution in [0.1, 0.15) is 0 Å². The van der Waals surface area contributed by atoms with Crippen LogP contribution in [-0.4, -0.2) is 15.8 Å². The fourth-order valence-electron chi connectivity index (χ4n) is 0.294. The van der Waals surface area contributed by atoms with E-state index in [1.54, 1.807) is 0 Å². The second-order valence-corrected chi connectivity index (χ2v) is 2.66. The predicted octanol–water partition coefficient (Wildman–Crippen LogP) is 0.364. The van der Waals surface area contributed by atoms with E-state index in [1.807, 2.05) is 0 Å². The predicted molar refractivity (Wildman–Crippen MR) is 37.5 cm³/mol. The van der Waals surface area contributed by atoms with E-state index in [2.05, 4.69) is 11.1 Å². The summed E-state index contributed by atoms with van der Waals surface area (Å²) in [6.07, 6.45) is 3.34. The molecule has 0 saturated carbocycles. The molecular weight excluding hydrogens is 171 g/mol. The maximum Gasteiger partial charge on any atom is 0.527 e. The Morgan fingerprint density at radius 3 is 2.45 bits per heavy atom. The number of hydrogen-bond acceptors (Lipinski definition) is 3. The highest BCUT2D eigenvalue weighted by Gasteiger charge is 2.17. The van der Waals surface area contributed by atoms with Gasteiger partial charge >= 0.3 is 13.8 Å². The Bertz CT molecular complexity index is 225. The fraction of sp³-hybridized carbons (Fsp3) is 0. The molecule has 0 aromatic carbocycles. The van der Waals surface area contributed by atoms with Crippen molar-refractivity contribution >= 4 is 13.8 Å². The van der Waals surface area contributed by atoms with Gasteiger partial charge in [0.05, 0.1) is 0 Å². The highest BCUT2D eigenvalue weighted by molar-refractivity contribution is 7.46. The van der Waals surface area contributed by atoms with Gasteiger partial charge in [0.1, 0.15) is 0 Å². The molecule has 0 aliphatic heterocycles. The molecule has 0 fully saturated rings. The van der Waals surface area contributed by atoms with Gasteiger partial charge in [-0.05, 0) is 0 Å². The van der Waals surface area contributed by atoms with Crippen molar-refractivity contribution in [2.45, 2.75) is 0 Å². The minimum Gasteiger partial charge on any atom is -0.367 e. The number of phosphoric acid groups is 1. The molecular formula is C5H7O5P. The maximum absolute atomic E-state index is 10.4. The van der Waals surface area contributed by atoms with Gasteiger partial charge in [0.2, 0.25) is 0 Å². The number of carbonyl (C=O) groups is 1. The Balaban J connectivity index is 3.99. The molecule has 0 saturated heterocycles. The third-order valence-electron chi connectivity index (χ3n) is 0.577. The highest BCUT2D eigenvalue weighted by atomic mass is 31.2. The first-order valence-corrected chi connectivity index (χ1v) is 4.07. The third-order valence-corrected chi connectivity index (χ3v) is 0.995. The summed E-state index contributed by atoms with van der Waals surface area (Å²) >= 11 is 0. The van der Waals surface area contributed by atoms with Crippen LogP contribution in [-0.2, 0) is 13.9 Å². The molecule has 6 heteroatoms. The Morgan fingerprint density at radius 2 is 2.09 bits per heavy atom. The van der Waals surface area contributed by atoms with Crippen LogP contribution in [0.4, 0.5) is 0 Å². The van der Waals surface area contributed by atoms with Crippen LogP contribution < -0.4 is 0 Å². The Hall–Kier alpha value is -0.900. The molecule has 0 aromatic rings. The topological polar surface area (TPSA) is 83.8 Å². The first-order valence-electron chi connectivity index (χ1n) is 2.54. The van der Waals surface area contributed by atoms with Crippen molar-refractivity contribution in [3.05, 3.63) is 24.8 Å². The fourth-order valence-corrected chi connectivity index (χ4v) is 0.590. The zero-order valence-electron chi connectivity index (χ0n) is 5.51. The van der Waals surface area contributed by atoms with E-state index >= 15 is 0 Å². The van der Waals surface area contributed by atoms with Gasteiger partial charge in [-0.2, -0.15) is 0 Å². The molecule has 0 amide bonds. The van der Waals surface area contributed by atoms with Gasteiger partial charge in [-0.15, -0.1) is 0 Å². The summed E-state index contributed by atoms with van der Waals surface area (Å²) in [5.74, 6) is -1.10. The van der Waals surface area contributed by atoms with Crippen molar-refractivity contribution in [2.75, 3.05) is 0 Å². The zero-order chi connectivity index (χ0) is 8.91. The minimum atomic E-state index is -4.70. The van der Waals surface area contributed by atoms with Crippen molar-refractivity contribution in [1.82, 2.24) is 0 Å². The van der Waals surface area contributed by atoms with E-state index in [9.17, 15) is 9.36 Å². The Labute approximate surface area is 63.2 Å². The molecule has 0 unspecified atom stereocenters. The number of carbonyl (C=O) groups excluding carboxylic acids is 1. The monoisotopic (exact) mass is 178 g/mol. The lowest BCUT2D eigenvalue weighted by atomic mass is 10.5. The van der Waals surface area contributed by atoms with E-state index in [1.165, 1.54) is 12.2 Å². The van der Waals surface area contributed by atoms with E-state index in [0.29, 0.717) is 0 Å². The van der Waals surface area contributed by atoms with Crippen LogP contribution in [0.15, 0.2) is 24.8 Å². The Kier molecular flexibility index (Phi) is 3.74. The molecule has 0 atom stereocenters. The van der Waals surface area contributed by atoms with E-state index in [0.717, 1.165) is 6.08 Å². The first-order chi connectivity index (χ1) is 4.95. The SMILES string of the molecule is C=CC=CC(=O)OP(=O)(O)O. The van der Waals surface area contributed by atoms with Gasteiger partial charge in [-0.1, -0.05) is 18.7 Å². The van der Waals surface area contributed by atoms with Gasteiger partial charge in [0.15, 0.2) is 0 Å². The normalized spacial score (nSPS) is 11.5. The van der Waals surface area contributed by atoms with Crippen molar-refractivity contribution in [3.8, 4) is 0 Å². The Morgan fingerprint density at radius 1 is 1.55 bits per heavy atom. The van der Waals surface area contributed by atoms with Crippen LogP contribution in [0, 0.1) is 0 Å². The second kappa shape index (κ2) is 4.08. The van der Waals surface area contributed by atoms with Crippen molar-refractivity contribution < 1.29 is 23.7 Å². The summed E-state index contributed by atoms with van der Waals surface area (Å²) in [5.41, 5.74) is 0. The molecule has 11 heavy (non-hydrogen) atoms. The van der Waals surface area contributed by atoms with Gasteiger partial charge in [-0.3, -0.25) is 9.79 Å². The quantitative estimate of drug-likeness (QED) is 0.370. The van der Waals surface area contributed by atoms with E-state index in [4.69, 9.17) is 9.79 Å². The lowest BCUT2D eigenvalue weighted by Gasteiger charge is -1.99. The number of phosphoric ester groups is 1. The van der Waals surface area contributed by atoms with Crippen molar-refractivity contribution in [1.29, 1.82) is 0 Å². The summed E-state index contributed by atoms with van der Waals surface area (Å²) in [6.45, 7) is 3.24. The summed E-state index contributed by atoms with van der Waals surface area (Å²) in [5, 5.41) is 0. The minimum absolute atomic E-state index is 0.853. The lowest BCUT2D eigenvalue weighted by molar-refractivity contribution is -0.130. The first kappa shape index (κ1) is 10.1. The molecule has 0 bridgehead atoms. The van der Waals surface area contributed by atoms with Crippen LogP contribution in [0.3, 0.4) is 0 Å². The number of hydrogen-bond donors (Lipinski definition) is 2. The molecule has 0 heterocycles. The van der Waals surface area contributed by atoms with Crippen LogP contribution in [0.25, 0.3) is 0 Å². The van der Waals surface area contributed by atoms with E-state index < -0.39 is 13.8 Å².